The van der Waals surface area contributed by atoms with E-state index in [0.717, 1.165) is 0 Å². The highest BCUT2D eigenvalue weighted by molar-refractivity contribution is 6.08. The van der Waals surface area contributed by atoms with Crippen molar-refractivity contribution in [2.75, 3.05) is 7.11 Å². The van der Waals surface area contributed by atoms with Crippen LogP contribution in [0.5, 0.6) is 5.75 Å². The van der Waals surface area contributed by atoms with Crippen LogP contribution in [0.3, 0.4) is 0 Å². The first-order valence-electron chi connectivity index (χ1n) is 6.37. The Morgan fingerprint density at radius 1 is 1.14 bits per heavy atom. The normalized spacial score (nSPS) is 10.5. The summed E-state index contributed by atoms with van der Waals surface area (Å²) in [6.45, 7) is 0. The molecule has 0 saturated carbocycles. The summed E-state index contributed by atoms with van der Waals surface area (Å²) in [5, 5.41) is 0. The fourth-order valence-electron chi connectivity index (χ4n) is 2.07. The van der Waals surface area contributed by atoms with Crippen molar-refractivity contribution in [3.8, 4) is 5.75 Å². The smallest absolute Gasteiger partial charge is 0.278 e. The van der Waals surface area contributed by atoms with Gasteiger partial charge in [-0.1, -0.05) is 30.3 Å². The molecule has 21 heavy (non-hydrogen) atoms. The number of rotatable bonds is 3. The van der Waals surface area contributed by atoms with Crippen LogP contribution in [0.4, 0.5) is 0 Å². The summed E-state index contributed by atoms with van der Waals surface area (Å²) >= 11 is 0. The first-order valence-corrected chi connectivity index (χ1v) is 6.37. The molecule has 0 aliphatic carbocycles. The van der Waals surface area contributed by atoms with Gasteiger partial charge in [-0.2, -0.15) is 0 Å². The van der Waals surface area contributed by atoms with Crippen molar-refractivity contribution in [2.24, 2.45) is 0 Å². The Kier molecular flexibility index (Phi) is 3.23. The Hall–Kier alpha value is -2.95. The number of hydrogen-bond donors (Lipinski definition) is 1. The number of ketones is 1. The molecule has 3 aromatic rings. The van der Waals surface area contributed by atoms with Gasteiger partial charge in [0.1, 0.15) is 5.75 Å². The maximum Gasteiger partial charge on any atom is 0.278 e. The highest BCUT2D eigenvalue weighted by atomic mass is 16.5. The van der Waals surface area contributed by atoms with Gasteiger partial charge in [0.2, 0.25) is 5.78 Å². The van der Waals surface area contributed by atoms with Gasteiger partial charge in [0, 0.05) is 11.6 Å². The Labute approximate surface area is 120 Å². The zero-order valence-electron chi connectivity index (χ0n) is 11.3. The molecule has 1 aromatic heterocycles. The summed E-state index contributed by atoms with van der Waals surface area (Å²) in [5.41, 5.74) is 0.880. The van der Waals surface area contributed by atoms with Crippen LogP contribution in [0, 0.1) is 0 Å². The number of fused-ring (bicyclic) bond motifs is 1. The van der Waals surface area contributed by atoms with Crippen LogP contribution in [-0.4, -0.2) is 22.9 Å². The van der Waals surface area contributed by atoms with Crippen molar-refractivity contribution < 1.29 is 9.53 Å². The van der Waals surface area contributed by atoms with E-state index in [1.807, 2.05) is 0 Å². The van der Waals surface area contributed by atoms with Crippen LogP contribution in [0.25, 0.3) is 11.0 Å². The molecule has 0 saturated heterocycles. The third kappa shape index (κ3) is 2.41. The van der Waals surface area contributed by atoms with Gasteiger partial charge < -0.3 is 9.72 Å². The van der Waals surface area contributed by atoms with E-state index in [0.29, 0.717) is 22.3 Å². The van der Waals surface area contributed by atoms with E-state index in [2.05, 4.69) is 9.97 Å². The first-order chi connectivity index (χ1) is 10.2. The van der Waals surface area contributed by atoms with E-state index in [-0.39, 0.29) is 5.69 Å². The van der Waals surface area contributed by atoms with E-state index in [9.17, 15) is 9.59 Å². The molecule has 0 amide bonds. The summed E-state index contributed by atoms with van der Waals surface area (Å²) in [4.78, 5) is 31.2. The molecule has 1 heterocycles. The van der Waals surface area contributed by atoms with Gasteiger partial charge >= 0.3 is 0 Å². The number of ether oxygens (including phenoxy) is 1. The summed E-state index contributed by atoms with van der Waals surface area (Å²) in [6.07, 6.45) is 0. The molecule has 0 bridgehead atoms. The molecule has 2 aromatic carbocycles. The lowest BCUT2D eigenvalue weighted by molar-refractivity contribution is 0.103. The second-order valence-corrected chi connectivity index (χ2v) is 4.49. The van der Waals surface area contributed by atoms with Crippen LogP contribution in [0.2, 0.25) is 0 Å². The maximum absolute atomic E-state index is 12.3. The monoisotopic (exact) mass is 280 g/mol. The SMILES string of the molecule is COc1ccc2nc(C(=O)c3ccccc3)c(=O)[nH]c2c1. The Balaban J connectivity index is 2.14. The molecule has 0 aliphatic rings. The van der Waals surface area contributed by atoms with Crippen molar-refractivity contribution in [3.63, 3.8) is 0 Å². The van der Waals surface area contributed by atoms with Gasteiger partial charge in [0.15, 0.2) is 5.69 Å². The number of H-pyrrole nitrogens is 1. The van der Waals surface area contributed by atoms with Crippen LogP contribution >= 0.6 is 0 Å². The van der Waals surface area contributed by atoms with Crippen LogP contribution in [-0.2, 0) is 0 Å². The minimum atomic E-state index is -0.510. The molecule has 5 heteroatoms. The van der Waals surface area contributed by atoms with E-state index in [1.165, 1.54) is 0 Å². The quantitative estimate of drug-likeness (QED) is 0.746. The fourth-order valence-corrected chi connectivity index (χ4v) is 2.07. The highest BCUT2D eigenvalue weighted by Crippen LogP contribution is 2.17. The Morgan fingerprint density at radius 3 is 2.62 bits per heavy atom. The number of nitrogens with zero attached hydrogens (tertiary/aromatic N) is 1. The van der Waals surface area contributed by atoms with Crippen LogP contribution < -0.4 is 10.3 Å². The summed E-state index contributed by atoms with van der Waals surface area (Å²) in [6, 6.07) is 13.7. The minimum absolute atomic E-state index is 0.112. The van der Waals surface area contributed by atoms with Gasteiger partial charge in [-0.05, 0) is 12.1 Å². The van der Waals surface area contributed by atoms with Gasteiger partial charge in [-0.3, -0.25) is 9.59 Å². The zero-order valence-corrected chi connectivity index (χ0v) is 11.3. The minimum Gasteiger partial charge on any atom is -0.497 e. The molecule has 0 atom stereocenters. The van der Waals surface area contributed by atoms with Crippen LogP contribution in [0.15, 0.2) is 53.3 Å². The van der Waals surface area contributed by atoms with Crippen molar-refractivity contribution in [1.29, 1.82) is 0 Å². The van der Waals surface area contributed by atoms with E-state index in [1.54, 1.807) is 55.6 Å². The van der Waals surface area contributed by atoms with E-state index < -0.39 is 11.3 Å². The average molecular weight is 280 g/mol. The second kappa shape index (κ2) is 5.20. The van der Waals surface area contributed by atoms with E-state index in [4.69, 9.17) is 4.74 Å². The molecule has 0 fully saturated rings. The average Bonchev–Trinajstić information content (AvgIpc) is 2.53. The lowest BCUT2D eigenvalue weighted by atomic mass is 10.1. The van der Waals surface area contributed by atoms with Gasteiger partial charge in [-0.25, -0.2) is 4.98 Å². The number of hydrogen-bond acceptors (Lipinski definition) is 4. The van der Waals surface area contributed by atoms with Gasteiger partial charge in [-0.15, -0.1) is 0 Å². The lowest BCUT2D eigenvalue weighted by Crippen LogP contribution is -2.20. The topological polar surface area (TPSA) is 72.0 Å². The van der Waals surface area contributed by atoms with E-state index >= 15 is 0 Å². The number of nitrogens with one attached hydrogen (secondary N) is 1. The summed E-state index contributed by atoms with van der Waals surface area (Å²) < 4.78 is 5.09. The number of carbonyl (C=O) groups is 1. The number of aromatic nitrogens is 2. The third-order valence-electron chi connectivity index (χ3n) is 3.15. The molecular formula is C16H12N2O3. The van der Waals surface area contributed by atoms with Crippen molar-refractivity contribution >= 4 is 16.8 Å². The molecule has 104 valence electrons. The molecule has 0 aliphatic heterocycles. The predicted octanol–water partition coefficient (Wildman–Crippen LogP) is 2.16. The number of carbonyl (C=O) groups excluding carboxylic acids is 1. The summed E-state index contributed by atoms with van der Waals surface area (Å²) in [7, 11) is 1.54. The molecule has 1 N–H and O–H groups in total. The van der Waals surface area contributed by atoms with Crippen LogP contribution in [0.1, 0.15) is 16.1 Å². The van der Waals surface area contributed by atoms with Crippen molar-refractivity contribution in [2.45, 2.75) is 0 Å². The standard InChI is InChI=1S/C16H12N2O3/c1-21-11-7-8-12-13(9-11)18-16(20)14(17-12)15(19)10-5-3-2-4-6-10/h2-9H,1H3,(H,18,20). The number of aromatic amines is 1. The highest BCUT2D eigenvalue weighted by Gasteiger charge is 2.15. The Morgan fingerprint density at radius 2 is 1.90 bits per heavy atom. The number of benzene rings is 2. The Bertz CT molecular complexity index is 870. The molecule has 0 unspecified atom stereocenters. The molecule has 3 rings (SSSR count). The lowest BCUT2D eigenvalue weighted by Gasteiger charge is -2.04. The predicted molar refractivity (Wildman–Crippen MR) is 78.8 cm³/mol. The second-order valence-electron chi connectivity index (χ2n) is 4.49. The maximum atomic E-state index is 12.3. The van der Waals surface area contributed by atoms with Crippen molar-refractivity contribution in [1.82, 2.24) is 9.97 Å². The molecule has 0 radical (unpaired) electrons. The number of methoxy groups -OCH3 is 1. The van der Waals surface area contributed by atoms with Gasteiger partial charge in [0.25, 0.3) is 5.56 Å². The zero-order chi connectivity index (χ0) is 14.8. The molecule has 5 nitrogen and oxygen atoms in total. The van der Waals surface area contributed by atoms with Gasteiger partial charge in [0.05, 0.1) is 18.1 Å². The largest absolute Gasteiger partial charge is 0.497 e. The molecular weight excluding hydrogens is 268 g/mol. The first kappa shape index (κ1) is 13.1. The van der Waals surface area contributed by atoms with Crippen molar-refractivity contribution in [3.05, 3.63) is 70.1 Å². The molecule has 0 spiro atoms. The fraction of sp³-hybridized carbons (Fsp3) is 0.0625. The third-order valence-corrected chi connectivity index (χ3v) is 3.15. The summed E-state index contributed by atoms with van der Waals surface area (Å²) in [5.74, 6) is 0.219.